The molecular weight excluding hydrogens is 226 g/mol. The van der Waals surface area contributed by atoms with Crippen LogP contribution >= 0.6 is 0 Å². The summed E-state index contributed by atoms with van der Waals surface area (Å²) in [6.45, 7) is 0. The van der Waals surface area contributed by atoms with E-state index in [1.807, 2.05) is 18.2 Å². The molecule has 18 heavy (non-hydrogen) atoms. The number of rotatable bonds is 5. The van der Waals surface area contributed by atoms with Crippen molar-refractivity contribution in [3.63, 3.8) is 0 Å². The molecule has 0 radical (unpaired) electrons. The maximum absolute atomic E-state index is 11.0. The first-order valence-electron chi connectivity index (χ1n) is 5.98. The van der Waals surface area contributed by atoms with Gasteiger partial charge in [-0.1, -0.05) is 30.3 Å². The zero-order valence-electron chi connectivity index (χ0n) is 10.0. The van der Waals surface area contributed by atoms with E-state index in [0.717, 1.165) is 12.8 Å². The monoisotopic (exact) mass is 241 g/mol. The number of pyridine rings is 1. The second kappa shape index (κ2) is 5.96. The first kappa shape index (κ1) is 12.3. The fourth-order valence-electron chi connectivity index (χ4n) is 1.94. The zero-order chi connectivity index (χ0) is 12.8. The molecule has 0 saturated carbocycles. The lowest BCUT2D eigenvalue weighted by Gasteiger charge is -2.04. The Kier molecular flexibility index (Phi) is 4.07. The van der Waals surface area contributed by atoms with Crippen molar-refractivity contribution in [3.8, 4) is 0 Å². The van der Waals surface area contributed by atoms with Crippen LogP contribution in [-0.2, 0) is 12.8 Å². The molecule has 0 amide bonds. The van der Waals surface area contributed by atoms with Crippen LogP contribution in [-0.4, -0.2) is 16.1 Å². The van der Waals surface area contributed by atoms with E-state index in [1.54, 1.807) is 18.3 Å². The van der Waals surface area contributed by atoms with E-state index in [9.17, 15) is 4.79 Å². The van der Waals surface area contributed by atoms with Gasteiger partial charge in [0.25, 0.3) is 0 Å². The van der Waals surface area contributed by atoms with Crippen LogP contribution in [0.15, 0.2) is 48.7 Å². The largest absolute Gasteiger partial charge is 0.478 e. The lowest BCUT2D eigenvalue weighted by Crippen LogP contribution is -2.05. The molecule has 1 aromatic carbocycles. The average Bonchev–Trinajstić information content (AvgIpc) is 2.40. The molecule has 1 N–H and O–H groups in total. The second-order valence-electron chi connectivity index (χ2n) is 4.14. The molecule has 0 saturated heterocycles. The van der Waals surface area contributed by atoms with Crippen LogP contribution in [0, 0.1) is 0 Å². The summed E-state index contributed by atoms with van der Waals surface area (Å²) in [4.78, 5) is 15.2. The predicted molar refractivity (Wildman–Crippen MR) is 69.7 cm³/mol. The minimum atomic E-state index is -0.905. The number of nitrogens with zero attached hydrogens (tertiary/aromatic N) is 1. The van der Waals surface area contributed by atoms with Gasteiger partial charge in [0.2, 0.25) is 0 Å². The van der Waals surface area contributed by atoms with Crippen molar-refractivity contribution >= 4 is 5.97 Å². The van der Waals surface area contributed by atoms with Gasteiger partial charge in [0.05, 0.1) is 11.3 Å². The molecule has 0 aliphatic carbocycles. The summed E-state index contributed by atoms with van der Waals surface area (Å²) in [7, 11) is 0. The van der Waals surface area contributed by atoms with Crippen LogP contribution in [0.5, 0.6) is 0 Å². The van der Waals surface area contributed by atoms with E-state index >= 15 is 0 Å². The van der Waals surface area contributed by atoms with E-state index in [4.69, 9.17) is 5.11 Å². The summed E-state index contributed by atoms with van der Waals surface area (Å²) in [5.74, 6) is -0.905. The summed E-state index contributed by atoms with van der Waals surface area (Å²) >= 11 is 0. The molecule has 0 unspecified atom stereocenters. The molecule has 0 aliphatic rings. The minimum Gasteiger partial charge on any atom is -0.478 e. The highest BCUT2D eigenvalue weighted by atomic mass is 16.4. The lowest BCUT2D eigenvalue weighted by molar-refractivity contribution is 0.0695. The zero-order valence-corrected chi connectivity index (χ0v) is 10.0. The van der Waals surface area contributed by atoms with E-state index in [2.05, 4.69) is 17.1 Å². The summed E-state index contributed by atoms with van der Waals surface area (Å²) in [5.41, 5.74) is 2.25. The smallest absolute Gasteiger partial charge is 0.337 e. The molecule has 0 aliphatic heterocycles. The fourth-order valence-corrected chi connectivity index (χ4v) is 1.94. The van der Waals surface area contributed by atoms with Gasteiger partial charge in [0, 0.05) is 6.20 Å². The summed E-state index contributed by atoms with van der Waals surface area (Å²) in [6.07, 6.45) is 4.18. The van der Waals surface area contributed by atoms with Gasteiger partial charge in [-0.2, -0.15) is 0 Å². The first-order chi connectivity index (χ1) is 8.77. The van der Waals surface area contributed by atoms with Crippen molar-refractivity contribution < 1.29 is 9.90 Å². The Morgan fingerprint density at radius 3 is 2.56 bits per heavy atom. The summed E-state index contributed by atoms with van der Waals surface area (Å²) in [6, 6.07) is 13.4. The SMILES string of the molecule is O=C(O)c1cccnc1CCCc1ccccc1. The number of carbonyl (C=O) groups is 1. The molecule has 2 aromatic rings. The third-order valence-corrected chi connectivity index (χ3v) is 2.84. The quantitative estimate of drug-likeness (QED) is 0.875. The Hall–Kier alpha value is -2.16. The number of benzene rings is 1. The molecule has 92 valence electrons. The number of aromatic nitrogens is 1. The van der Waals surface area contributed by atoms with Crippen molar-refractivity contribution in [2.45, 2.75) is 19.3 Å². The highest BCUT2D eigenvalue weighted by Crippen LogP contribution is 2.10. The topological polar surface area (TPSA) is 50.2 Å². The van der Waals surface area contributed by atoms with Crippen molar-refractivity contribution in [2.75, 3.05) is 0 Å². The van der Waals surface area contributed by atoms with Crippen molar-refractivity contribution in [3.05, 3.63) is 65.5 Å². The average molecular weight is 241 g/mol. The van der Waals surface area contributed by atoms with E-state index in [1.165, 1.54) is 5.56 Å². The third-order valence-electron chi connectivity index (χ3n) is 2.84. The Bertz CT molecular complexity index is 523. The molecule has 0 atom stereocenters. The van der Waals surface area contributed by atoms with Crippen LogP contribution in [0.2, 0.25) is 0 Å². The van der Waals surface area contributed by atoms with Gasteiger partial charge < -0.3 is 5.11 Å². The van der Waals surface area contributed by atoms with Crippen LogP contribution in [0.4, 0.5) is 0 Å². The first-order valence-corrected chi connectivity index (χ1v) is 5.98. The van der Waals surface area contributed by atoms with Gasteiger partial charge in [-0.15, -0.1) is 0 Å². The number of carboxylic acid groups (broad SMARTS) is 1. The molecular formula is C15H15NO2. The second-order valence-corrected chi connectivity index (χ2v) is 4.14. The van der Waals surface area contributed by atoms with Gasteiger partial charge in [-0.05, 0) is 37.0 Å². The maximum atomic E-state index is 11.0. The highest BCUT2D eigenvalue weighted by Gasteiger charge is 2.09. The van der Waals surface area contributed by atoms with Gasteiger partial charge >= 0.3 is 5.97 Å². The van der Waals surface area contributed by atoms with E-state index in [0.29, 0.717) is 17.7 Å². The number of hydrogen-bond acceptors (Lipinski definition) is 2. The number of aryl methyl sites for hydroxylation is 2. The molecule has 0 fully saturated rings. The summed E-state index contributed by atoms with van der Waals surface area (Å²) in [5, 5.41) is 9.04. The Balaban J connectivity index is 1.97. The van der Waals surface area contributed by atoms with Crippen LogP contribution in [0.1, 0.15) is 28.0 Å². The van der Waals surface area contributed by atoms with Gasteiger partial charge in [0.15, 0.2) is 0 Å². The third kappa shape index (κ3) is 3.17. The van der Waals surface area contributed by atoms with Crippen LogP contribution in [0.25, 0.3) is 0 Å². The van der Waals surface area contributed by atoms with Crippen molar-refractivity contribution in [1.29, 1.82) is 0 Å². The fraction of sp³-hybridized carbons (Fsp3) is 0.200. The Morgan fingerprint density at radius 2 is 1.83 bits per heavy atom. The number of aromatic carboxylic acids is 1. The van der Waals surface area contributed by atoms with Gasteiger partial charge in [0.1, 0.15) is 0 Å². The molecule has 0 bridgehead atoms. The summed E-state index contributed by atoms with van der Waals surface area (Å²) < 4.78 is 0. The highest BCUT2D eigenvalue weighted by molar-refractivity contribution is 5.88. The van der Waals surface area contributed by atoms with Crippen LogP contribution in [0.3, 0.4) is 0 Å². The number of hydrogen-bond donors (Lipinski definition) is 1. The standard InChI is InChI=1S/C15H15NO2/c17-15(18)13-9-5-11-16-14(13)10-4-8-12-6-2-1-3-7-12/h1-3,5-7,9,11H,4,8,10H2,(H,17,18). The minimum absolute atomic E-state index is 0.311. The molecule has 1 aromatic heterocycles. The molecule has 1 heterocycles. The van der Waals surface area contributed by atoms with E-state index < -0.39 is 5.97 Å². The van der Waals surface area contributed by atoms with Gasteiger partial charge in [-0.25, -0.2) is 4.79 Å². The van der Waals surface area contributed by atoms with Crippen molar-refractivity contribution in [1.82, 2.24) is 4.98 Å². The number of carboxylic acids is 1. The normalized spacial score (nSPS) is 10.2. The van der Waals surface area contributed by atoms with Crippen molar-refractivity contribution in [2.24, 2.45) is 0 Å². The van der Waals surface area contributed by atoms with Crippen LogP contribution < -0.4 is 0 Å². The molecule has 0 spiro atoms. The lowest BCUT2D eigenvalue weighted by atomic mass is 10.0. The van der Waals surface area contributed by atoms with E-state index in [-0.39, 0.29) is 0 Å². The predicted octanol–water partition coefficient (Wildman–Crippen LogP) is 2.96. The van der Waals surface area contributed by atoms with Gasteiger partial charge in [-0.3, -0.25) is 4.98 Å². The molecule has 3 nitrogen and oxygen atoms in total. The Labute approximate surface area is 106 Å². The maximum Gasteiger partial charge on any atom is 0.337 e. The Morgan fingerprint density at radius 1 is 1.06 bits per heavy atom. The molecule has 3 heteroatoms. The molecule has 2 rings (SSSR count).